The lowest BCUT2D eigenvalue weighted by atomic mass is 10.1. The molecular formula is C18H22FN3O3. The molecule has 0 aliphatic rings. The number of carbonyl (C=O) groups excluding carboxylic acids is 2. The Bertz CT molecular complexity index is 775. The lowest BCUT2D eigenvalue weighted by molar-refractivity contribution is -0.128. The van der Waals surface area contributed by atoms with Gasteiger partial charge in [-0.3, -0.25) is 9.78 Å². The molecule has 0 radical (unpaired) electrons. The van der Waals surface area contributed by atoms with E-state index in [-0.39, 0.29) is 24.6 Å². The maximum absolute atomic E-state index is 13.7. The van der Waals surface area contributed by atoms with Gasteiger partial charge in [-0.2, -0.15) is 0 Å². The van der Waals surface area contributed by atoms with Crippen molar-refractivity contribution in [1.29, 1.82) is 0 Å². The zero-order chi connectivity index (χ0) is 18.4. The summed E-state index contributed by atoms with van der Waals surface area (Å²) in [5.41, 5.74) is 1.04. The number of nitrogens with one attached hydrogen (secondary N) is 1. The van der Waals surface area contributed by atoms with E-state index >= 15 is 0 Å². The van der Waals surface area contributed by atoms with E-state index in [1.54, 1.807) is 11.8 Å². The Kier molecular flexibility index (Phi) is 6.27. The number of nitrogens with zero attached hydrogens (tertiary/aromatic N) is 2. The number of hydrogen-bond donors (Lipinski definition) is 1. The van der Waals surface area contributed by atoms with E-state index in [1.807, 2.05) is 13.8 Å². The number of aromatic nitrogens is 1. The Morgan fingerprint density at radius 2 is 1.96 bits per heavy atom. The summed E-state index contributed by atoms with van der Waals surface area (Å²) in [7, 11) is 0. The lowest BCUT2D eigenvalue weighted by Gasteiger charge is -2.20. The molecular weight excluding hydrogens is 325 g/mol. The topological polar surface area (TPSA) is 71.5 Å². The van der Waals surface area contributed by atoms with Gasteiger partial charge in [0.05, 0.1) is 24.4 Å². The fourth-order valence-electron chi connectivity index (χ4n) is 2.57. The molecule has 2 rings (SSSR count). The number of benzene rings is 1. The molecule has 25 heavy (non-hydrogen) atoms. The highest BCUT2D eigenvalue weighted by molar-refractivity contribution is 6.05. The van der Waals surface area contributed by atoms with Crippen molar-refractivity contribution in [2.24, 2.45) is 0 Å². The van der Waals surface area contributed by atoms with E-state index in [2.05, 4.69) is 10.3 Å². The minimum Gasteiger partial charge on any atom is -0.462 e. The van der Waals surface area contributed by atoms with Gasteiger partial charge in [-0.1, -0.05) is 0 Å². The van der Waals surface area contributed by atoms with E-state index in [4.69, 9.17) is 4.74 Å². The van der Waals surface area contributed by atoms with Crippen LogP contribution in [0.25, 0.3) is 10.9 Å². The zero-order valence-corrected chi connectivity index (χ0v) is 14.6. The van der Waals surface area contributed by atoms with Gasteiger partial charge in [-0.05, 0) is 39.0 Å². The molecule has 0 aliphatic heterocycles. The molecule has 1 aromatic heterocycles. The van der Waals surface area contributed by atoms with Crippen LogP contribution in [0, 0.1) is 5.82 Å². The Labute approximate surface area is 146 Å². The molecule has 6 nitrogen and oxygen atoms in total. The third kappa shape index (κ3) is 4.23. The molecule has 0 fully saturated rings. The van der Waals surface area contributed by atoms with Crippen molar-refractivity contribution < 1.29 is 18.7 Å². The van der Waals surface area contributed by atoms with Crippen molar-refractivity contribution in [2.45, 2.75) is 20.8 Å². The summed E-state index contributed by atoms with van der Waals surface area (Å²) in [5.74, 6) is -1.13. The predicted molar refractivity (Wildman–Crippen MR) is 94.1 cm³/mol. The van der Waals surface area contributed by atoms with Crippen molar-refractivity contribution in [3.8, 4) is 0 Å². The van der Waals surface area contributed by atoms with Crippen molar-refractivity contribution >= 4 is 28.5 Å². The fraction of sp³-hybridized carbons (Fsp3) is 0.389. The third-order valence-electron chi connectivity index (χ3n) is 3.86. The first-order valence-corrected chi connectivity index (χ1v) is 8.28. The molecule has 134 valence electrons. The third-order valence-corrected chi connectivity index (χ3v) is 3.86. The maximum Gasteiger partial charge on any atom is 0.341 e. The number of pyridine rings is 1. The van der Waals surface area contributed by atoms with Crippen molar-refractivity contribution in [3.63, 3.8) is 0 Å². The molecule has 0 aliphatic carbocycles. The zero-order valence-electron chi connectivity index (χ0n) is 14.6. The molecule has 1 heterocycles. The maximum atomic E-state index is 13.7. The van der Waals surface area contributed by atoms with Crippen LogP contribution in [0.5, 0.6) is 0 Å². The number of hydrogen-bond acceptors (Lipinski definition) is 5. The molecule has 0 saturated heterocycles. The molecule has 1 aromatic carbocycles. The average Bonchev–Trinajstić information content (AvgIpc) is 2.60. The quantitative estimate of drug-likeness (QED) is 0.780. The number of halogens is 1. The number of rotatable bonds is 7. The highest BCUT2D eigenvalue weighted by Gasteiger charge is 2.18. The predicted octanol–water partition coefficient (Wildman–Crippen LogP) is 2.83. The van der Waals surface area contributed by atoms with Crippen LogP contribution in [-0.4, -0.2) is 48.0 Å². The SMILES string of the molecule is CCOC(=O)c1cnc2ccc(F)cc2c1NCC(=O)N(CC)CC. The lowest BCUT2D eigenvalue weighted by Crippen LogP contribution is -2.35. The van der Waals surface area contributed by atoms with Crippen LogP contribution in [0.4, 0.5) is 10.1 Å². The van der Waals surface area contributed by atoms with Crippen molar-refractivity contribution in [1.82, 2.24) is 9.88 Å². The van der Waals surface area contributed by atoms with E-state index in [1.165, 1.54) is 24.4 Å². The highest BCUT2D eigenvalue weighted by Crippen LogP contribution is 2.27. The van der Waals surface area contributed by atoms with E-state index in [0.717, 1.165) is 0 Å². The van der Waals surface area contributed by atoms with Crippen molar-refractivity contribution in [3.05, 3.63) is 35.8 Å². The normalized spacial score (nSPS) is 10.6. The summed E-state index contributed by atoms with van der Waals surface area (Å²) >= 11 is 0. The number of ether oxygens (including phenoxy) is 1. The average molecular weight is 347 g/mol. The van der Waals surface area contributed by atoms with Crippen LogP contribution in [0.1, 0.15) is 31.1 Å². The largest absolute Gasteiger partial charge is 0.462 e. The molecule has 0 saturated carbocycles. The highest BCUT2D eigenvalue weighted by atomic mass is 19.1. The van der Waals surface area contributed by atoms with Gasteiger partial charge in [0.2, 0.25) is 5.91 Å². The number of carbonyl (C=O) groups is 2. The van der Waals surface area contributed by atoms with Gasteiger partial charge in [0.25, 0.3) is 0 Å². The Hall–Kier alpha value is -2.70. The standard InChI is InChI=1S/C18H22FN3O3/c1-4-22(5-2)16(23)11-21-17-13-9-12(19)7-8-15(13)20-10-14(17)18(24)25-6-3/h7-10H,4-6,11H2,1-3H3,(H,20,21). The minimum atomic E-state index is -0.570. The number of esters is 1. The van der Waals surface area contributed by atoms with Crippen molar-refractivity contribution in [2.75, 3.05) is 31.6 Å². The number of amides is 1. The summed E-state index contributed by atoms with van der Waals surface area (Å²) in [6.45, 7) is 6.86. The summed E-state index contributed by atoms with van der Waals surface area (Å²) in [6.07, 6.45) is 1.38. The van der Waals surface area contributed by atoms with Gasteiger partial charge >= 0.3 is 5.97 Å². The molecule has 0 atom stereocenters. The van der Waals surface area contributed by atoms with Gasteiger partial charge < -0.3 is 15.0 Å². The van der Waals surface area contributed by atoms with Gasteiger partial charge in [0, 0.05) is 24.7 Å². The second-order valence-electron chi connectivity index (χ2n) is 5.35. The van der Waals surface area contributed by atoms with Crippen LogP contribution in [0.2, 0.25) is 0 Å². The minimum absolute atomic E-state index is 0.0102. The number of anilines is 1. The first-order valence-electron chi connectivity index (χ1n) is 8.28. The first-order chi connectivity index (χ1) is 12.0. The van der Waals surface area contributed by atoms with Gasteiger partial charge in [-0.15, -0.1) is 0 Å². The van der Waals surface area contributed by atoms with Crippen LogP contribution in [0.15, 0.2) is 24.4 Å². The second-order valence-corrected chi connectivity index (χ2v) is 5.35. The Balaban J connectivity index is 2.42. The summed E-state index contributed by atoms with van der Waals surface area (Å²) < 4.78 is 18.7. The molecule has 1 N–H and O–H groups in total. The molecule has 1 amide bonds. The van der Waals surface area contributed by atoms with Crippen LogP contribution in [0.3, 0.4) is 0 Å². The first kappa shape index (κ1) is 18.6. The summed E-state index contributed by atoms with van der Waals surface area (Å²) in [4.78, 5) is 30.3. The second kappa shape index (κ2) is 8.41. The molecule has 0 bridgehead atoms. The van der Waals surface area contributed by atoms with Gasteiger partial charge in [0.15, 0.2) is 0 Å². The molecule has 0 unspecified atom stereocenters. The summed E-state index contributed by atoms with van der Waals surface area (Å²) in [5, 5.41) is 3.40. The van der Waals surface area contributed by atoms with E-state index < -0.39 is 11.8 Å². The van der Waals surface area contributed by atoms with E-state index in [0.29, 0.717) is 29.7 Å². The molecule has 7 heteroatoms. The van der Waals surface area contributed by atoms with E-state index in [9.17, 15) is 14.0 Å². The number of likely N-dealkylation sites (N-methyl/N-ethyl adjacent to an activating group) is 1. The Morgan fingerprint density at radius 1 is 1.24 bits per heavy atom. The van der Waals surface area contributed by atoms with Crippen LogP contribution in [-0.2, 0) is 9.53 Å². The summed E-state index contributed by atoms with van der Waals surface area (Å²) in [6, 6.07) is 4.11. The van der Waals surface area contributed by atoms with Gasteiger partial charge in [0.1, 0.15) is 11.4 Å². The molecule has 2 aromatic rings. The van der Waals surface area contributed by atoms with Gasteiger partial charge in [-0.25, -0.2) is 9.18 Å². The monoisotopic (exact) mass is 347 g/mol. The van der Waals surface area contributed by atoms with Crippen LogP contribution >= 0.6 is 0 Å². The molecule has 0 spiro atoms. The Morgan fingerprint density at radius 3 is 2.60 bits per heavy atom. The van der Waals surface area contributed by atoms with Crippen LogP contribution < -0.4 is 5.32 Å². The fourth-order valence-corrected chi connectivity index (χ4v) is 2.57. The number of fused-ring (bicyclic) bond motifs is 1. The smallest absolute Gasteiger partial charge is 0.341 e.